The first kappa shape index (κ1) is 12.7. The van der Waals surface area contributed by atoms with E-state index < -0.39 is 0 Å². The molecule has 20 heavy (non-hydrogen) atoms. The van der Waals surface area contributed by atoms with Crippen molar-refractivity contribution in [1.82, 2.24) is 14.7 Å². The fraction of sp³-hybridized carbons (Fsp3) is 0.333. The van der Waals surface area contributed by atoms with E-state index in [1.807, 2.05) is 11.0 Å². The molecule has 3 rings (SSSR count). The Morgan fingerprint density at radius 2 is 2.10 bits per heavy atom. The predicted octanol–water partition coefficient (Wildman–Crippen LogP) is 1.44. The van der Waals surface area contributed by atoms with Gasteiger partial charge < -0.3 is 10.6 Å². The highest BCUT2D eigenvalue weighted by Gasteiger charge is 2.19. The van der Waals surface area contributed by atoms with E-state index >= 15 is 0 Å². The Kier molecular flexibility index (Phi) is 3.41. The van der Waals surface area contributed by atoms with Crippen LogP contribution in [-0.4, -0.2) is 27.1 Å². The Morgan fingerprint density at radius 3 is 2.85 bits per heavy atom. The van der Waals surface area contributed by atoms with Crippen molar-refractivity contribution >= 4 is 11.6 Å². The van der Waals surface area contributed by atoms with Gasteiger partial charge in [-0.15, -0.1) is 0 Å². The van der Waals surface area contributed by atoms with Gasteiger partial charge in [0.2, 0.25) is 5.91 Å². The number of carbonyl (C=O) groups is 1. The fourth-order valence-electron chi connectivity index (χ4n) is 2.62. The quantitative estimate of drug-likeness (QED) is 0.898. The second kappa shape index (κ2) is 5.36. The normalized spacial score (nSPS) is 14.7. The number of nitrogens with two attached hydrogens (primary N) is 1. The van der Waals surface area contributed by atoms with Gasteiger partial charge in [0.15, 0.2) is 0 Å². The summed E-state index contributed by atoms with van der Waals surface area (Å²) in [6.07, 6.45) is 5.29. The Hall–Kier alpha value is -2.30. The van der Waals surface area contributed by atoms with E-state index in [2.05, 4.69) is 23.3 Å². The molecule has 5 heteroatoms. The van der Waals surface area contributed by atoms with Crippen molar-refractivity contribution in [2.45, 2.75) is 25.9 Å². The van der Waals surface area contributed by atoms with Gasteiger partial charge in [-0.2, -0.15) is 5.10 Å². The Bertz CT molecular complexity index is 620. The molecule has 0 spiro atoms. The molecule has 1 aromatic carbocycles. The second-order valence-electron chi connectivity index (χ2n) is 5.16. The van der Waals surface area contributed by atoms with Crippen molar-refractivity contribution in [3.05, 3.63) is 47.8 Å². The Balaban J connectivity index is 1.72. The zero-order valence-corrected chi connectivity index (χ0v) is 11.3. The number of rotatable bonds is 2. The summed E-state index contributed by atoms with van der Waals surface area (Å²) in [7, 11) is 0. The van der Waals surface area contributed by atoms with Gasteiger partial charge in [-0.05, 0) is 24.0 Å². The lowest BCUT2D eigenvalue weighted by Crippen LogP contribution is -2.33. The van der Waals surface area contributed by atoms with Gasteiger partial charge in [-0.1, -0.05) is 24.3 Å². The summed E-state index contributed by atoms with van der Waals surface area (Å²) >= 11 is 0. The molecular formula is C15H18N4O. The van der Waals surface area contributed by atoms with Crippen molar-refractivity contribution in [3.8, 4) is 0 Å². The van der Waals surface area contributed by atoms with Crippen molar-refractivity contribution in [3.63, 3.8) is 0 Å². The molecule has 1 aromatic heterocycles. The highest BCUT2D eigenvalue weighted by Crippen LogP contribution is 2.18. The van der Waals surface area contributed by atoms with Gasteiger partial charge in [0.25, 0.3) is 0 Å². The number of anilines is 1. The third kappa shape index (κ3) is 2.66. The first-order chi connectivity index (χ1) is 9.72. The highest BCUT2D eigenvalue weighted by molar-refractivity contribution is 5.76. The highest BCUT2D eigenvalue weighted by atomic mass is 16.2. The van der Waals surface area contributed by atoms with Crippen LogP contribution in [0, 0.1) is 0 Å². The Morgan fingerprint density at radius 1 is 1.30 bits per heavy atom. The molecule has 0 atom stereocenters. The number of amides is 1. The number of carbonyl (C=O) groups excluding carboxylic acids is 1. The average Bonchev–Trinajstić information content (AvgIpc) is 2.74. The molecule has 1 amide bonds. The van der Waals surface area contributed by atoms with Crippen LogP contribution < -0.4 is 5.73 Å². The lowest BCUT2D eigenvalue weighted by molar-refractivity contribution is -0.132. The molecule has 2 aromatic rings. The monoisotopic (exact) mass is 270 g/mol. The molecule has 104 valence electrons. The maximum Gasteiger partial charge on any atom is 0.244 e. The predicted molar refractivity (Wildman–Crippen MR) is 76.8 cm³/mol. The van der Waals surface area contributed by atoms with E-state index in [0.717, 1.165) is 19.4 Å². The third-order valence-corrected chi connectivity index (χ3v) is 3.66. The van der Waals surface area contributed by atoms with Crippen LogP contribution in [0.15, 0.2) is 36.7 Å². The van der Waals surface area contributed by atoms with E-state index in [4.69, 9.17) is 5.73 Å². The lowest BCUT2D eigenvalue weighted by Gasteiger charge is -2.20. The number of nitrogen functional groups attached to an aromatic ring is 1. The first-order valence-electron chi connectivity index (χ1n) is 6.85. The van der Waals surface area contributed by atoms with Crippen molar-refractivity contribution in [2.75, 3.05) is 12.3 Å². The molecule has 5 nitrogen and oxygen atoms in total. The topological polar surface area (TPSA) is 64.1 Å². The van der Waals surface area contributed by atoms with Crippen LogP contribution in [0.5, 0.6) is 0 Å². The fourth-order valence-corrected chi connectivity index (χ4v) is 2.62. The summed E-state index contributed by atoms with van der Waals surface area (Å²) in [4.78, 5) is 14.3. The largest absolute Gasteiger partial charge is 0.396 e. The van der Waals surface area contributed by atoms with Crippen LogP contribution in [-0.2, 0) is 24.3 Å². The molecule has 0 aliphatic carbocycles. The summed E-state index contributed by atoms with van der Waals surface area (Å²) in [6, 6.07) is 8.34. The van der Waals surface area contributed by atoms with Gasteiger partial charge in [0.05, 0.1) is 11.9 Å². The number of nitrogens with zero attached hydrogens (tertiary/aromatic N) is 3. The zero-order valence-electron chi connectivity index (χ0n) is 11.3. The number of hydrogen-bond acceptors (Lipinski definition) is 3. The van der Waals surface area contributed by atoms with Crippen LogP contribution in [0.25, 0.3) is 0 Å². The molecule has 0 fully saturated rings. The summed E-state index contributed by atoms with van der Waals surface area (Å²) in [5.41, 5.74) is 8.80. The maximum absolute atomic E-state index is 12.4. The van der Waals surface area contributed by atoms with Crippen molar-refractivity contribution in [2.24, 2.45) is 0 Å². The number of aryl methyl sites for hydroxylation is 1. The first-order valence-corrected chi connectivity index (χ1v) is 6.85. The van der Waals surface area contributed by atoms with E-state index in [1.165, 1.54) is 11.1 Å². The average molecular weight is 270 g/mol. The Labute approximate surface area is 118 Å². The van der Waals surface area contributed by atoms with Crippen LogP contribution in [0.4, 0.5) is 5.69 Å². The summed E-state index contributed by atoms with van der Waals surface area (Å²) < 4.78 is 1.59. The van der Waals surface area contributed by atoms with Crippen LogP contribution in [0.2, 0.25) is 0 Å². The summed E-state index contributed by atoms with van der Waals surface area (Å²) in [6.45, 7) is 1.73. The minimum atomic E-state index is 0.0878. The van der Waals surface area contributed by atoms with Crippen LogP contribution in [0.3, 0.4) is 0 Å². The van der Waals surface area contributed by atoms with Gasteiger partial charge in [0.1, 0.15) is 6.54 Å². The van der Waals surface area contributed by atoms with Crippen LogP contribution in [0.1, 0.15) is 17.5 Å². The minimum Gasteiger partial charge on any atom is -0.396 e. The van der Waals surface area contributed by atoms with E-state index in [-0.39, 0.29) is 12.5 Å². The van der Waals surface area contributed by atoms with Crippen molar-refractivity contribution in [1.29, 1.82) is 0 Å². The molecular weight excluding hydrogens is 252 g/mol. The molecule has 0 bridgehead atoms. The van der Waals surface area contributed by atoms with E-state index in [9.17, 15) is 4.79 Å². The molecule has 0 radical (unpaired) electrons. The smallest absolute Gasteiger partial charge is 0.244 e. The van der Waals surface area contributed by atoms with Gasteiger partial charge >= 0.3 is 0 Å². The molecule has 1 aliphatic heterocycles. The van der Waals surface area contributed by atoms with Crippen LogP contribution >= 0.6 is 0 Å². The van der Waals surface area contributed by atoms with Gasteiger partial charge in [0, 0.05) is 19.3 Å². The summed E-state index contributed by atoms with van der Waals surface area (Å²) in [5, 5.41) is 4.06. The number of benzene rings is 1. The number of hydrogen-bond donors (Lipinski definition) is 1. The lowest BCUT2D eigenvalue weighted by atomic mass is 10.0. The van der Waals surface area contributed by atoms with Crippen molar-refractivity contribution < 1.29 is 4.79 Å². The number of aromatic nitrogens is 2. The standard InChI is InChI=1S/C15H18N4O/c16-14-8-17-19(10-14)11-15(20)18-7-3-6-12-4-1-2-5-13(12)9-18/h1-2,4-5,8,10H,3,6-7,9,11,16H2. The molecule has 1 aliphatic rings. The molecule has 0 saturated heterocycles. The molecule has 0 unspecified atom stereocenters. The van der Waals surface area contributed by atoms with Gasteiger partial charge in [-0.25, -0.2) is 0 Å². The third-order valence-electron chi connectivity index (χ3n) is 3.66. The maximum atomic E-state index is 12.4. The summed E-state index contributed by atoms with van der Waals surface area (Å²) in [5.74, 6) is 0.0878. The SMILES string of the molecule is Nc1cnn(CC(=O)N2CCCc3ccccc3C2)c1. The molecule has 2 N–H and O–H groups in total. The molecule has 2 heterocycles. The van der Waals surface area contributed by atoms with Gasteiger partial charge in [-0.3, -0.25) is 9.48 Å². The van der Waals surface area contributed by atoms with E-state index in [1.54, 1.807) is 17.1 Å². The number of fused-ring (bicyclic) bond motifs is 1. The van der Waals surface area contributed by atoms with E-state index in [0.29, 0.717) is 12.2 Å². The second-order valence-corrected chi connectivity index (χ2v) is 5.16. The zero-order chi connectivity index (χ0) is 13.9. The molecule has 0 saturated carbocycles. The minimum absolute atomic E-state index is 0.0878.